The van der Waals surface area contributed by atoms with Gasteiger partial charge in [-0.1, -0.05) is 34.8 Å². The molecule has 114 valence electrons. The fourth-order valence-corrected chi connectivity index (χ4v) is 2.30. The zero-order valence-corrected chi connectivity index (χ0v) is 13.7. The first-order valence-corrected chi connectivity index (χ1v) is 7.34. The molecular formula is C15H11Cl3N2O2. The average Bonchev–Trinajstić information content (AvgIpc) is 2.44. The van der Waals surface area contributed by atoms with Crippen molar-refractivity contribution in [3.05, 3.63) is 57.0 Å². The van der Waals surface area contributed by atoms with Crippen molar-refractivity contribution in [3.63, 3.8) is 0 Å². The van der Waals surface area contributed by atoms with Crippen LogP contribution in [-0.2, 0) is 4.79 Å². The zero-order valence-electron chi connectivity index (χ0n) is 11.4. The number of hydrogen-bond donors (Lipinski definition) is 2. The molecule has 0 aliphatic heterocycles. The Kier molecular flexibility index (Phi) is 5.29. The predicted octanol–water partition coefficient (Wildman–Crippen LogP) is 4.86. The molecule has 0 unspecified atom stereocenters. The number of nitrogens with one attached hydrogen (secondary N) is 2. The fourth-order valence-electron chi connectivity index (χ4n) is 1.76. The standard InChI is InChI=1S/C15H11Cl3N2O2/c1-8(21)19-10-3-5-13(18)14(7-10)20-15(22)11-6-9(16)2-4-12(11)17/h2-7H,1H3,(H,19,21)(H,20,22). The highest BCUT2D eigenvalue weighted by molar-refractivity contribution is 6.37. The Morgan fingerprint density at radius 1 is 0.909 bits per heavy atom. The van der Waals surface area contributed by atoms with Gasteiger partial charge in [-0.25, -0.2) is 0 Å². The summed E-state index contributed by atoms with van der Waals surface area (Å²) in [5, 5.41) is 6.26. The van der Waals surface area contributed by atoms with Crippen LogP contribution in [0, 0.1) is 0 Å². The minimum Gasteiger partial charge on any atom is -0.326 e. The van der Waals surface area contributed by atoms with E-state index in [1.54, 1.807) is 24.3 Å². The van der Waals surface area contributed by atoms with Gasteiger partial charge in [-0.15, -0.1) is 0 Å². The van der Waals surface area contributed by atoms with Crippen molar-refractivity contribution in [3.8, 4) is 0 Å². The molecule has 0 atom stereocenters. The molecule has 2 aromatic carbocycles. The van der Waals surface area contributed by atoms with Crippen LogP contribution < -0.4 is 10.6 Å². The number of rotatable bonds is 3. The molecule has 2 rings (SSSR count). The van der Waals surface area contributed by atoms with Gasteiger partial charge in [-0.05, 0) is 36.4 Å². The minimum absolute atomic E-state index is 0.225. The van der Waals surface area contributed by atoms with Crippen LogP contribution in [0.4, 0.5) is 11.4 Å². The van der Waals surface area contributed by atoms with E-state index in [1.165, 1.54) is 19.1 Å². The first-order valence-electron chi connectivity index (χ1n) is 6.20. The number of carbonyl (C=O) groups excluding carboxylic acids is 2. The van der Waals surface area contributed by atoms with Crippen molar-refractivity contribution in [2.24, 2.45) is 0 Å². The van der Waals surface area contributed by atoms with E-state index in [9.17, 15) is 9.59 Å². The molecule has 0 aromatic heterocycles. The molecule has 2 N–H and O–H groups in total. The van der Waals surface area contributed by atoms with Crippen molar-refractivity contribution in [1.29, 1.82) is 0 Å². The first kappa shape index (κ1) is 16.6. The molecule has 0 radical (unpaired) electrons. The third kappa shape index (κ3) is 4.13. The molecule has 0 heterocycles. The molecule has 7 heteroatoms. The van der Waals surface area contributed by atoms with Gasteiger partial charge in [-0.3, -0.25) is 9.59 Å². The van der Waals surface area contributed by atoms with Crippen LogP contribution >= 0.6 is 34.8 Å². The summed E-state index contributed by atoms with van der Waals surface area (Å²) in [4.78, 5) is 23.3. The van der Waals surface area contributed by atoms with Crippen LogP contribution in [0.15, 0.2) is 36.4 Å². The summed E-state index contributed by atoms with van der Waals surface area (Å²) in [5.41, 5.74) is 1.11. The van der Waals surface area contributed by atoms with E-state index in [0.717, 1.165) is 0 Å². The normalized spacial score (nSPS) is 10.2. The smallest absolute Gasteiger partial charge is 0.257 e. The predicted molar refractivity (Wildman–Crippen MR) is 90.2 cm³/mol. The first-order chi connectivity index (χ1) is 10.4. The summed E-state index contributed by atoms with van der Waals surface area (Å²) < 4.78 is 0. The van der Waals surface area contributed by atoms with Gasteiger partial charge in [0.05, 0.1) is 21.3 Å². The third-order valence-corrected chi connectivity index (χ3v) is 3.60. The van der Waals surface area contributed by atoms with E-state index in [0.29, 0.717) is 21.4 Å². The highest BCUT2D eigenvalue weighted by Gasteiger charge is 2.13. The summed E-state index contributed by atoms with van der Waals surface area (Å²) in [7, 11) is 0. The molecular weight excluding hydrogens is 347 g/mol. The van der Waals surface area contributed by atoms with Crippen molar-refractivity contribution >= 4 is 58.0 Å². The summed E-state index contributed by atoms with van der Waals surface area (Å²) in [6.07, 6.45) is 0. The molecule has 0 aliphatic carbocycles. The van der Waals surface area contributed by atoms with Crippen LogP contribution in [0.2, 0.25) is 15.1 Å². The maximum Gasteiger partial charge on any atom is 0.257 e. The Balaban J connectivity index is 2.27. The zero-order chi connectivity index (χ0) is 16.3. The van der Waals surface area contributed by atoms with E-state index in [2.05, 4.69) is 10.6 Å². The summed E-state index contributed by atoms with van der Waals surface area (Å²) in [6, 6.07) is 9.35. The number of hydrogen-bond acceptors (Lipinski definition) is 2. The van der Waals surface area contributed by atoms with E-state index in [-0.39, 0.29) is 16.5 Å². The molecule has 0 saturated carbocycles. The van der Waals surface area contributed by atoms with Crippen molar-refractivity contribution < 1.29 is 9.59 Å². The Labute approximate surface area is 142 Å². The Hall–Kier alpha value is -1.75. The number of carbonyl (C=O) groups is 2. The van der Waals surface area contributed by atoms with Gasteiger partial charge in [0.25, 0.3) is 5.91 Å². The molecule has 22 heavy (non-hydrogen) atoms. The van der Waals surface area contributed by atoms with Gasteiger partial charge in [0.2, 0.25) is 5.91 Å². The van der Waals surface area contributed by atoms with Crippen LogP contribution in [0.1, 0.15) is 17.3 Å². The van der Waals surface area contributed by atoms with E-state index < -0.39 is 5.91 Å². The Bertz CT molecular complexity index is 748. The minimum atomic E-state index is -0.450. The van der Waals surface area contributed by atoms with Crippen LogP contribution in [0.3, 0.4) is 0 Å². The van der Waals surface area contributed by atoms with Crippen LogP contribution in [0.5, 0.6) is 0 Å². The second-order valence-corrected chi connectivity index (χ2v) is 5.70. The molecule has 2 amide bonds. The lowest BCUT2D eigenvalue weighted by Crippen LogP contribution is -2.13. The van der Waals surface area contributed by atoms with Gasteiger partial charge >= 0.3 is 0 Å². The lowest BCUT2D eigenvalue weighted by molar-refractivity contribution is -0.114. The Morgan fingerprint density at radius 3 is 2.27 bits per heavy atom. The van der Waals surface area contributed by atoms with Crippen molar-refractivity contribution in [2.45, 2.75) is 6.92 Å². The number of benzene rings is 2. The molecule has 0 bridgehead atoms. The third-order valence-electron chi connectivity index (χ3n) is 2.71. The van der Waals surface area contributed by atoms with E-state index in [1.807, 2.05) is 0 Å². The molecule has 0 spiro atoms. The Morgan fingerprint density at radius 2 is 1.59 bits per heavy atom. The maximum atomic E-state index is 12.3. The van der Waals surface area contributed by atoms with E-state index in [4.69, 9.17) is 34.8 Å². The second kappa shape index (κ2) is 7.01. The van der Waals surface area contributed by atoms with Gasteiger partial charge in [0, 0.05) is 17.6 Å². The van der Waals surface area contributed by atoms with Crippen molar-refractivity contribution in [2.75, 3.05) is 10.6 Å². The molecule has 4 nitrogen and oxygen atoms in total. The number of halogens is 3. The summed E-state index contributed by atoms with van der Waals surface area (Å²) >= 11 is 17.9. The number of anilines is 2. The lowest BCUT2D eigenvalue weighted by atomic mass is 10.2. The quantitative estimate of drug-likeness (QED) is 0.824. The summed E-state index contributed by atoms with van der Waals surface area (Å²) in [5.74, 6) is -0.674. The fraction of sp³-hybridized carbons (Fsp3) is 0.0667. The maximum absolute atomic E-state index is 12.3. The average molecular weight is 358 g/mol. The number of amides is 2. The van der Waals surface area contributed by atoms with Gasteiger partial charge in [0.15, 0.2) is 0 Å². The van der Waals surface area contributed by atoms with Gasteiger partial charge in [0.1, 0.15) is 0 Å². The molecule has 0 fully saturated rings. The highest BCUT2D eigenvalue weighted by atomic mass is 35.5. The SMILES string of the molecule is CC(=O)Nc1ccc(Cl)c(NC(=O)c2cc(Cl)ccc2Cl)c1. The van der Waals surface area contributed by atoms with Gasteiger partial charge in [-0.2, -0.15) is 0 Å². The van der Waals surface area contributed by atoms with Crippen LogP contribution in [-0.4, -0.2) is 11.8 Å². The van der Waals surface area contributed by atoms with Gasteiger partial charge < -0.3 is 10.6 Å². The highest BCUT2D eigenvalue weighted by Crippen LogP contribution is 2.27. The summed E-state index contributed by atoms with van der Waals surface area (Å²) in [6.45, 7) is 1.39. The topological polar surface area (TPSA) is 58.2 Å². The van der Waals surface area contributed by atoms with E-state index >= 15 is 0 Å². The largest absolute Gasteiger partial charge is 0.326 e. The van der Waals surface area contributed by atoms with Crippen LogP contribution in [0.25, 0.3) is 0 Å². The molecule has 0 aliphatic rings. The molecule has 2 aromatic rings. The molecule has 0 saturated heterocycles. The lowest BCUT2D eigenvalue weighted by Gasteiger charge is -2.11. The second-order valence-electron chi connectivity index (χ2n) is 4.45. The monoisotopic (exact) mass is 356 g/mol. The van der Waals surface area contributed by atoms with Crippen molar-refractivity contribution in [1.82, 2.24) is 0 Å².